The van der Waals surface area contributed by atoms with Crippen molar-refractivity contribution in [1.29, 1.82) is 0 Å². The number of hydrogen-bond donors (Lipinski definition) is 1. The molecule has 1 heterocycles. The van der Waals surface area contributed by atoms with Crippen LogP contribution in [-0.2, 0) is 14.3 Å². The second-order valence-electron chi connectivity index (χ2n) is 5.76. The maximum absolute atomic E-state index is 11.9. The maximum Gasteiger partial charge on any atom is 0.405 e. The molecular weight excluding hydrogens is 325 g/mol. The van der Waals surface area contributed by atoms with Crippen LogP contribution in [0.5, 0.6) is 0 Å². The van der Waals surface area contributed by atoms with Crippen molar-refractivity contribution >= 4 is 18.0 Å². The molecule has 0 aliphatic heterocycles. The molecule has 1 saturated carbocycles. The molecule has 1 aromatic rings. The fourth-order valence-electron chi connectivity index (χ4n) is 2.46. The summed E-state index contributed by atoms with van der Waals surface area (Å²) in [4.78, 5) is 22.7. The van der Waals surface area contributed by atoms with E-state index in [1.54, 1.807) is 11.4 Å². The minimum Gasteiger partial charge on any atom is -0.452 e. The normalized spacial score (nSPS) is 14.9. The number of alkyl halides is 3. The van der Waals surface area contributed by atoms with Gasteiger partial charge in [0.1, 0.15) is 6.54 Å². The van der Waals surface area contributed by atoms with Gasteiger partial charge in [0.05, 0.1) is 0 Å². The molecule has 2 rings (SSSR count). The zero-order valence-corrected chi connectivity index (χ0v) is 13.4. The van der Waals surface area contributed by atoms with Gasteiger partial charge in [-0.2, -0.15) is 13.2 Å². The van der Waals surface area contributed by atoms with E-state index in [0.29, 0.717) is 6.04 Å². The number of amides is 1. The van der Waals surface area contributed by atoms with Gasteiger partial charge in [0.15, 0.2) is 6.61 Å². The van der Waals surface area contributed by atoms with Gasteiger partial charge in [0.2, 0.25) is 0 Å². The van der Waals surface area contributed by atoms with Crippen molar-refractivity contribution in [3.8, 4) is 0 Å². The van der Waals surface area contributed by atoms with E-state index in [1.807, 2.05) is 19.9 Å². The molecule has 1 fully saturated rings. The van der Waals surface area contributed by atoms with Gasteiger partial charge in [0.25, 0.3) is 5.91 Å². The highest BCUT2D eigenvalue weighted by Crippen LogP contribution is 2.38. The number of hydrogen-bond acceptors (Lipinski definition) is 3. The van der Waals surface area contributed by atoms with Crippen molar-refractivity contribution in [2.24, 2.45) is 0 Å². The van der Waals surface area contributed by atoms with E-state index in [0.717, 1.165) is 35.9 Å². The molecule has 0 spiro atoms. The highest BCUT2D eigenvalue weighted by molar-refractivity contribution is 5.89. The molecule has 132 valence electrons. The van der Waals surface area contributed by atoms with Crippen molar-refractivity contribution in [2.75, 3.05) is 13.2 Å². The second-order valence-corrected chi connectivity index (χ2v) is 5.76. The van der Waals surface area contributed by atoms with Crippen molar-refractivity contribution in [3.63, 3.8) is 0 Å². The first-order valence-corrected chi connectivity index (χ1v) is 7.54. The molecule has 0 saturated heterocycles. The van der Waals surface area contributed by atoms with Crippen LogP contribution in [0, 0.1) is 13.8 Å². The lowest BCUT2D eigenvalue weighted by Gasteiger charge is -2.08. The van der Waals surface area contributed by atoms with Gasteiger partial charge < -0.3 is 14.6 Å². The van der Waals surface area contributed by atoms with Gasteiger partial charge in [-0.15, -0.1) is 0 Å². The molecule has 1 aromatic heterocycles. The van der Waals surface area contributed by atoms with Crippen LogP contribution in [-0.4, -0.2) is 35.8 Å². The van der Waals surface area contributed by atoms with E-state index in [-0.39, 0.29) is 0 Å². The number of aryl methyl sites for hydroxylation is 1. The lowest BCUT2D eigenvalue weighted by atomic mass is 10.2. The summed E-state index contributed by atoms with van der Waals surface area (Å²) in [6, 6.07) is 2.48. The van der Waals surface area contributed by atoms with Crippen molar-refractivity contribution < 1.29 is 27.5 Å². The zero-order valence-electron chi connectivity index (χ0n) is 13.4. The van der Waals surface area contributed by atoms with Gasteiger partial charge in [-0.3, -0.25) is 4.79 Å². The lowest BCUT2D eigenvalue weighted by molar-refractivity contribution is -0.148. The highest BCUT2D eigenvalue weighted by Gasteiger charge is 2.28. The summed E-state index contributed by atoms with van der Waals surface area (Å²) in [5.74, 6) is -1.78. The Labute approximate surface area is 137 Å². The van der Waals surface area contributed by atoms with Crippen LogP contribution in [0.1, 0.15) is 35.8 Å². The molecule has 1 N–H and O–H groups in total. The first kappa shape index (κ1) is 18.1. The molecule has 0 radical (unpaired) electrons. The SMILES string of the molecule is Cc1cc(/C=C/C(=O)OCC(=O)NCC(F)(F)F)c(C)n1C1CC1. The zero-order chi connectivity index (χ0) is 17.9. The third-order valence-electron chi connectivity index (χ3n) is 3.67. The topological polar surface area (TPSA) is 60.3 Å². The van der Waals surface area contributed by atoms with Crippen LogP contribution in [0.4, 0.5) is 13.2 Å². The van der Waals surface area contributed by atoms with Gasteiger partial charge >= 0.3 is 12.1 Å². The molecule has 1 amide bonds. The number of esters is 1. The average molecular weight is 344 g/mol. The Morgan fingerprint density at radius 1 is 1.38 bits per heavy atom. The molecule has 1 aliphatic carbocycles. The number of carbonyl (C=O) groups is 2. The van der Waals surface area contributed by atoms with Gasteiger partial charge in [-0.1, -0.05) is 0 Å². The van der Waals surface area contributed by atoms with Gasteiger partial charge in [0, 0.05) is 23.5 Å². The molecule has 5 nitrogen and oxygen atoms in total. The molecule has 8 heteroatoms. The lowest BCUT2D eigenvalue weighted by Crippen LogP contribution is -2.36. The monoisotopic (exact) mass is 344 g/mol. The largest absolute Gasteiger partial charge is 0.452 e. The Kier molecular flexibility index (Phi) is 5.36. The molecule has 0 unspecified atom stereocenters. The summed E-state index contributed by atoms with van der Waals surface area (Å²) >= 11 is 0. The fraction of sp³-hybridized carbons (Fsp3) is 0.500. The smallest absolute Gasteiger partial charge is 0.405 e. The summed E-state index contributed by atoms with van der Waals surface area (Å²) in [5.41, 5.74) is 3.02. The summed E-state index contributed by atoms with van der Waals surface area (Å²) in [6.45, 7) is 1.75. The molecule has 24 heavy (non-hydrogen) atoms. The Morgan fingerprint density at radius 3 is 2.62 bits per heavy atom. The number of ether oxygens (including phenoxy) is 1. The number of halogens is 3. The van der Waals surface area contributed by atoms with Crippen LogP contribution < -0.4 is 5.32 Å². The Hall–Kier alpha value is -2.25. The predicted molar refractivity (Wildman–Crippen MR) is 81.2 cm³/mol. The van der Waals surface area contributed by atoms with Crippen molar-refractivity contribution in [3.05, 3.63) is 29.1 Å². The molecule has 1 aliphatic rings. The van der Waals surface area contributed by atoms with E-state index >= 15 is 0 Å². The van der Waals surface area contributed by atoms with Crippen LogP contribution in [0.3, 0.4) is 0 Å². The van der Waals surface area contributed by atoms with Gasteiger partial charge in [-0.05, 0) is 44.4 Å². The van der Waals surface area contributed by atoms with Crippen LogP contribution >= 0.6 is 0 Å². The Morgan fingerprint density at radius 2 is 2.04 bits per heavy atom. The predicted octanol–water partition coefficient (Wildman–Crippen LogP) is 2.67. The highest BCUT2D eigenvalue weighted by atomic mass is 19.4. The van der Waals surface area contributed by atoms with E-state index in [9.17, 15) is 22.8 Å². The fourth-order valence-corrected chi connectivity index (χ4v) is 2.46. The second kappa shape index (κ2) is 7.11. The minimum absolute atomic E-state index is 0.524. The molecule has 0 aromatic carbocycles. The maximum atomic E-state index is 11.9. The summed E-state index contributed by atoms with van der Waals surface area (Å²) < 4.78 is 42.6. The third kappa shape index (κ3) is 5.14. The average Bonchev–Trinajstić information content (AvgIpc) is 3.27. The molecule has 0 atom stereocenters. The quantitative estimate of drug-likeness (QED) is 0.638. The van der Waals surface area contributed by atoms with Gasteiger partial charge in [-0.25, -0.2) is 4.79 Å². The number of rotatable bonds is 6. The standard InChI is InChI=1S/C16H19F3N2O3/c1-10-7-12(11(2)21(10)13-4-5-13)3-6-15(23)24-8-14(22)20-9-16(17,18)19/h3,6-7,13H,4-5,8-9H2,1-2H3,(H,20,22)/b6-3+. The van der Waals surface area contributed by atoms with E-state index in [4.69, 9.17) is 0 Å². The van der Waals surface area contributed by atoms with Crippen LogP contribution in [0.2, 0.25) is 0 Å². The first-order valence-electron chi connectivity index (χ1n) is 7.54. The third-order valence-corrected chi connectivity index (χ3v) is 3.67. The van der Waals surface area contributed by atoms with E-state index in [1.165, 1.54) is 0 Å². The Balaban J connectivity index is 1.83. The van der Waals surface area contributed by atoms with Crippen LogP contribution in [0.15, 0.2) is 12.1 Å². The first-order chi connectivity index (χ1) is 11.2. The summed E-state index contributed by atoms with van der Waals surface area (Å²) in [6.07, 6.45) is 0.542. The van der Waals surface area contributed by atoms with Crippen molar-refractivity contribution in [1.82, 2.24) is 9.88 Å². The van der Waals surface area contributed by atoms with Crippen LogP contribution in [0.25, 0.3) is 6.08 Å². The molecular formula is C16H19F3N2O3. The van der Waals surface area contributed by atoms with E-state index < -0.39 is 31.2 Å². The summed E-state index contributed by atoms with van der Waals surface area (Å²) in [5, 5.41) is 1.62. The number of nitrogens with one attached hydrogen (secondary N) is 1. The molecule has 0 bridgehead atoms. The minimum atomic E-state index is -4.50. The van der Waals surface area contributed by atoms with Crippen molar-refractivity contribution in [2.45, 2.75) is 38.9 Å². The summed E-state index contributed by atoms with van der Waals surface area (Å²) in [7, 11) is 0. The van der Waals surface area contributed by atoms with E-state index in [2.05, 4.69) is 9.30 Å². The number of nitrogens with zero attached hydrogens (tertiary/aromatic N) is 1. The Bertz CT molecular complexity index is 658. The number of carbonyl (C=O) groups excluding carboxylic acids is 2. The number of aromatic nitrogens is 1.